The van der Waals surface area contributed by atoms with Crippen LogP contribution in [0.1, 0.15) is 24.1 Å². The van der Waals surface area contributed by atoms with Crippen molar-refractivity contribution in [1.29, 1.82) is 0 Å². The highest BCUT2D eigenvalue weighted by Gasteiger charge is 2.06. The molecule has 19 heavy (non-hydrogen) atoms. The van der Waals surface area contributed by atoms with E-state index in [4.69, 9.17) is 0 Å². The molecule has 0 radical (unpaired) electrons. The molecule has 1 atom stereocenters. The van der Waals surface area contributed by atoms with Crippen LogP contribution in [0.3, 0.4) is 0 Å². The number of hydrogen-bond donors (Lipinski definition) is 1. The summed E-state index contributed by atoms with van der Waals surface area (Å²) in [5, 5.41) is 3.27. The second-order valence-electron chi connectivity index (χ2n) is 4.57. The molecule has 0 saturated heterocycles. The predicted molar refractivity (Wildman–Crippen MR) is 72.9 cm³/mol. The molecule has 0 saturated carbocycles. The molecular formula is C16H17F2N. The molecule has 0 amide bonds. The summed E-state index contributed by atoms with van der Waals surface area (Å²) in [6.45, 7) is 2.62. The summed E-state index contributed by atoms with van der Waals surface area (Å²) < 4.78 is 26.5. The van der Waals surface area contributed by atoms with Gasteiger partial charge in [0.05, 0.1) is 0 Å². The molecule has 2 aromatic carbocycles. The quantitative estimate of drug-likeness (QED) is 0.861. The van der Waals surface area contributed by atoms with E-state index >= 15 is 0 Å². The molecule has 0 aromatic heterocycles. The van der Waals surface area contributed by atoms with E-state index in [9.17, 15) is 8.78 Å². The van der Waals surface area contributed by atoms with Crippen molar-refractivity contribution in [2.24, 2.45) is 0 Å². The van der Waals surface area contributed by atoms with Gasteiger partial charge in [-0.2, -0.15) is 0 Å². The van der Waals surface area contributed by atoms with Crippen LogP contribution >= 0.6 is 0 Å². The lowest BCUT2D eigenvalue weighted by Crippen LogP contribution is -2.21. The highest BCUT2D eigenvalue weighted by molar-refractivity contribution is 5.20. The van der Waals surface area contributed by atoms with Gasteiger partial charge in [-0.3, -0.25) is 0 Å². The van der Waals surface area contributed by atoms with Crippen LogP contribution in [0.2, 0.25) is 0 Å². The SMILES string of the molecule is CC(NCCc1ccccc1F)c1cccc(F)c1. The maximum absolute atomic E-state index is 13.4. The summed E-state index contributed by atoms with van der Waals surface area (Å²) in [7, 11) is 0. The summed E-state index contributed by atoms with van der Waals surface area (Å²) in [4.78, 5) is 0. The molecule has 100 valence electrons. The summed E-state index contributed by atoms with van der Waals surface area (Å²) >= 11 is 0. The minimum Gasteiger partial charge on any atom is -0.310 e. The molecule has 0 aliphatic carbocycles. The lowest BCUT2D eigenvalue weighted by molar-refractivity contribution is 0.554. The van der Waals surface area contributed by atoms with Gasteiger partial charge in [-0.25, -0.2) is 8.78 Å². The van der Waals surface area contributed by atoms with Gasteiger partial charge in [-0.05, 0) is 49.2 Å². The maximum Gasteiger partial charge on any atom is 0.126 e. The summed E-state index contributed by atoms with van der Waals surface area (Å²) in [5.74, 6) is -0.414. The van der Waals surface area contributed by atoms with Crippen molar-refractivity contribution in [3.05, 3.63) is 71.3 Å². The lowest BCUT2D eigenvalue weighted by atomic mass is 10.1. The number of halogens is 2. The Hall–Kier alpha value is -1.74. The fourth-order valence-electron chi connectivity index (χ4n) is 2.02. The molecule has 0 aliphatic rings. The predicted octanol–water partition coefficient (Wildman–Crippen LogP) is 3.86. The maximum atomic E-state index is 13.4. The van der Waals surface area contributed by atoms with Crippen LogP contribution in [0.4, 0.5) is 8.78 Å². The van der Waals surface area contributed by atoms with Crippen LogP contribution in [-0.4, -0.2) is 6.54 Å². The Kier molecular flexibility index (Phi) is 4.63. The van der Waals surface area contributed by atoms with E-state index in [1.807, 2.05) is 19.1 Å². The van der Waals surface area contributed by atoms with E-state index < -0.39 is 0 Å². The lowest BCUT2D eigenvalue weighted by Gasteiger charge is -2.14. The van der Waals surface area contributed by atoms with E-state index in [2.05, 4.69) is 5.32 Å². The van der Waals surface area contributed by atoms with Crippen molar-refractivity contribution in [3.63, 3.8) is 0 Å². The minimum absolute atomic E-state index is 0.0440. The van der Waals surface area contributed by atoms with Gasteiger partial charge in [0.1, 0.15) is 11.6 Å². The van der Waals surface area contributed by atoms with Crippen molar-refractivity contribution < 1.29 is 8.78 Å². The Morgan fingerprint density at radius 2 is 1.84 bits per heavy atom. The summed E-state index contributed by atoms with van der Waals surface area (Å²) in [5.41, 5.74) is 1.59. The highest BCUT2D eigenvalue weighted by Crippen LogP contribution is 2.13. The van der Waals surface area contributed by atoms with Crippen molar-refractivity contribution >= 4 is 0 Å². The first kappa shape index (κ1) is 13.7. The van der Waals surface area contributed by atoms with Crippen molar-refractivity contribution in [1.82, 2.24) is 5.32 Å². The fraction of sp³-hybridized carbons (Fsp3) is 0.250. The fourth-order valence-corrected chi connectivity index (χ4v) is 2.02. The molecule has 0 heterocycles. The molecule has 0 bridgehead atoms. The van der Waals surface area contributed by atoms with E-state index in [0.29, 0.717) is 18.5 Å². The van der Waals surface area contributed by atoms with E-state index in [-0.39, 0.29) is 17.7 Å². The topological polar surface area (TPSA) is 12.0 Å². The second kappa shape index (κ2) is 6.43. The highest BCUT2D eigenvalue weighted by atomic mass is 19.1. The molecule has 1 unspecified atom stereocenters. The third-order valence-electron chi connectivity index (χ3n) is 3.15. The number of benzene rings is 2. The standard InChI is InChI=1S/C16H17F2N/c1-12(14-6-4-7-15(17)11-14)19-10-9-13-5-2-3-8-16(13)18/h2-8,11-12,19H,9-10H2,1H3. The molecule has 0 aliphatic heterocycles. The van der Waals surface area contributed by atoms with Gasteiger partial charge in [0, 0.05) is 6.04 Å². The molecule has 2 rings (SSSR count). The number of hydrogen-bond acceptors (Lipinski definition) is 1. The first-order valence-corrected chi connectivity index (χ1v) is 6.39. The molecule has 0 fully saturated rings. The van der Waals surface area contributed by atoms with Crippen LogP contribution in [0.25, 0.3) is 0 Å². The molecule has 3 heteroatoms. The van der Waals surface area contributed by atoms with E-state index in [1.54, 1.807) is 18.2 Å². The average molecular weight is 261 g/mol. The average Bonchev–Trinajstić information content (AvgIpc) is 2.41. The third kappa shape index (κ3) is 3.86. The van der Waals surface area contributed by atoms with Gasteiger partial charge in [0.2, 0.25) is 0 Å². The first-order valence-electron chi connectivity index (χ1n) is 6.39. The zero-order valence-corrected chi connectivity index (χ0v) is 10.9. The Labute approximate surface area is 112 Å². The van der Waals surface area contributed by atoms with Crippen LogP contribution in [-0.2, 0) is 6.42 Å². The number of nitrogens with one attached hydrogen (secondary N) is 1. The molecule has 1 N–H and O–H groups in total. The molecule has 1 nitrogen and oxygen atoms in total. The van der Waals surface area contributed by atoms with Crippen molar-refractivity contribution in [2.45, 2.75) is 19.4 Å². The van der Waals surface area contributed by atoms with Crippen molar-refractivity contribution in [3.8, 4) is 0 Å². The normalized spacial score (nSPS) is 12.4. The largest absolute Gasteiger partial charge is 0.310 e. The van der Waals surface area contributed by atoms with Crippen LogP contribution in [0.15, 0.2) is 48.5 Å². The van der Waals surface area contributed by atoms with Gasteiger partial charge < -0.3 is 5.32 Å². The Bertz CT molecular complexity index is 540. The second-order valence-corrected chi connectivity index (χ2v) is 4.57. The monoisotopic (exact) mass is 261 g/mol. The van der Waals surface area contributed by atoms with E-state index in [0.717, 1.165) is 5.56 Å². The number of rotatable bonds is 5. The van der Waals surface area contributed by atoms with Gasteiger partial charge in [-0.15, -0.1) is 0 Å². The smallest absolute Gasteiger partial charge is 0.126 e. The summed E-state index contributed by atoms with van der Waals surface area (Å²) in [6.07, 6.45) is 0.617. The van der Waals surface area contributed by atoms with Gasteiger partial charge in [-0.1, -0.05) is 30.3 Å². The van der Waals surface area contributed by atoms with Crippen LogP contribution in [0, 0.1) is 11.6 Å². The van der Waals surface area contributed by atoms with Crippen LogP contribution < -0.4 is 5.32 Å². The van der Waals surface area contributed by atoms with Gasteiger partial charge in [0.15, 0.2) is 0 Å². The molecular weight excluding hydrogens is 244 g/mol. The van der Waals surface area contributed by atoms with Gasteiger partial charge in [0.25, 0.3) is 0 Å². The Morgan fingerprint density at radius 1 is 1.05 bits per heavy atom. The van der Waals surface area contributed by atoms with Crippen LogP contribution in [0.5, 0.6) is 0 Å². The zero-order chi connectivity index (χ0) is 13.7. The Balaban J connectivity index is 1.88. The van der Waals surface area contributed by atoms with Gasteiger partial charge >= 0.3 is 0 Å². The Morgan fingerprint density at radius 3 is 2.58 bits per heavy atom. The minimum atomic E-state index is -0.236. The summed E-state index contributed by atoms with van der Waals surface area (Å²) in [6, 6.07) is 13.3. The first-order chi connectivity index (χ1) is 9.16. The van der Waals surface area contributed by atoms with Crippen molar-refractivity contribution in [2.75, 3.05) is 6.54 Å². The zero-order valence-electron chi connectivity index (χ0n) is 10.9. The third-order valence-corrected chi connectivity index (χ3v) is 3.15. The van der Waals surface area contributed by atoms with E-state index in [1.165, 1.54) is 18.2 Å². The molecule has 2 aromatic rings. The molecule has 0 spiro atoms.